The predicted molar refractivity (Wildman–Crippen MR) is 138 cm³/mol. The SMILES string of the molecule is CN(C)c1ncccc1C(=O)Nc1ccc(C(=O)N2C=CC3=C(NNC3)c3ccccc32)c(Cl)c1. The topological polar surface area (TPSA) is 89.6 Å². The summed E-state index contributed by atoms with van der Waals surface area (Å²) >= 11 is 6.54. The molecule has 3 N–H and O–H groups in total. The molecule has 0 saturated carbocycles. The van der Waals surface area contributed by atoms with Crippen molar-refractivity contribution in [3.63, 3.8) is 0 Å². The molecule has 2 aliphatic heterocycles. The molecule has 0 aliphatic carbocycles. The van der Waals surface area contributed by atoms with Crippen molar-refractivity contribution in [2.24, 2.45) is 0 Å². The number of nitrogens with one attached hydrogen (secondary N) is 3. The zero-order chi connectivity index (χ0) is 24.5. The highest BCUT2D eigenvalue weighted by atomic mass is 35.5. The molecule has 0 fully saturated rings. The summed E-state index contributed by atoms with van der Waals surface area (Å²) in [6.07, 6.45) is 5.31. The molecule has 0 saturated heterocycles. The molecule has 5 rings (SSSR count). The molecule has 9 heteroatoms. The van der Waals surface area contributed by atoms with Crippen molar-refractivity contribution in [1.82, 2.24) is 15.8 Å². The molecule has 0 radical (unpaired) electrons. The summed E-state index contributed by atoms with van der Waals surface area (Å²) in [6, 6.07) is 16.0. The van der Waals surface area contributed by atoms with Gasteiger partial charge in [0.05, 0.1) is 27.5 Å². The van der Waals surface area contributed by atoms with Crippen LogP contribution in [0.15, 0.2) is 78.6 Å². The van der Waals surface area contributed by atoms with Gasteiger partial charge in [-0.2, -0.15) is 0 Å². The van der Waals surface area contributed by atoms with E-state index < -0.39 is 0 Å². The fourth-order valence-electron chi connectivity index (χ4n) is 4.12. The van der Waals surface area contributed by atoms with Gasteiger partial charge in [-0.05, 0) is 48.0 Å². The molecule has 176 valence electrons. The maximum atomic E-state index is 13.6. The molecule has 2 aromatic carbocycles. The number of benzene rings is 2. The molecule has 3 heterocycles. The average Bonchev–Trinajstić information content (AvgIpc) is 3.27. The number of halogens is 1. The highest BCUT2D eigenvalue weighted by Gasteiger charge is 2.26. The van der Waals surface area contributed by atoms with Gasteiger partial charge in [-0.1, -0.05) is 29.8 Å². The van der Waals surface area contributed by atoms with Crippen molar-refractivity contribution in [2.45, 2.75) is 0 Å². The second kappa shape index (κ2) is 9.25. The third kappa shape index (κ3) is 4.25. The number of carbonyl (C=O) groups excluding carboxylic acids is 2. The van der Waals surface area contributed by atoms with Crippen LogP contribution >= 0.6 is 11.6 Å². The second-order valence-electron chi connectivity index (χ2n) is 8.30. The van der Waals surface area contributed by atoms with Gasteiger partial charge in [0.15, 0.2) is 0 Å². The lowest BCUT2D eigenvalue weighted by molar-refractivity contribution is 0.0996. The zero-order valence-electron chi connectivity index (χ0n) is 19.2. The number of rotatable bonds is 4. The van der Waals surface area contributed by atoms with E-state index in [0.29, 0.717) is 29.2 Å². The number of nitrogens with zero attached hydrogens (tertiary/aromatic N) is 3. The summed E-state index contributed by atoms with van der Waals surface area (Å²) in [4.78, 5) is 34.1. The van der Waals surface area contributed by atoms with Gasteiger partial charge in [0.1, 0.15) is 5.82 Å². The van der Waals surface area contributed by atoms with Crippen LogP contribution in [-0.4, -0.2) is 37.4 Å². The number of hydrogen-bond donors (Lipinski definition) is 3. The van der Waals surface area contributed by atoms with Gasteiger partial charge in [-0.15, -0.1) is 0 Å². The third-order valence-electron chi connectivity index (χ3n) is 5.80. The molecule has 3 aromatic rings. The first-order valence-electron chi connectivity index (χ1n) is 11.0. The highest BCUT2D eigenvalue weighted by molar-refractivity contribution is 6.35. The van der Waals surface area contributed by atoms with Crippen LogP contribution in [0.5, 0.6) is 0 Å². The number of para-hydroxylation sites is 1. The van der Waals surface area contributed by atoms with Crippen LogP contribution in [0.2, 0.25) is 5.02 Å². The Kier molecular flexibility index (Phi) is 5.98. The quantitative estimate of drug-likeness (QED) is 0.515. The average molecular weight is 487 g/mol. The largest absolute Gasteiger partial charge is 0.362 e. The van der Waals surface area contributed by atoms with E-state index in [1.54, 1.807) is 52.5 Å². The minimum atomic E-state index is -0.317. The zero-order valence-corrected chi connectivity index (χ0v) is 19.9. The van der Waals surface area contributed by atoms with Crippen molar-refractivity contribution < 1.29 is 9.59 Å². The first-order valence-corrected chi connectivity index (χ1v) is 11.4. The number of hydrogen-bond acceptors (Lipinski definition) is 6. The molecule has 1 aromatic heterocycles. The third-order valence-corrected chi connectivity index (χ3v) is 6.11. The Labute approximate surface area is 207 Å². The van der Waals surface area contributed by atoms with E-state index in [-0.39, 0.29) is 16.8 Å². The smallest absolute Gasteiger partial charge is 0.263 e. The summed E-state index contributed by atoms with van der Waals surface area (Å²) < 4.78 is 0. The van der Waals surface area contributed by atoms with Crippen LogP contribution in [0.4, 0.5) is 17.2 Å². The van der Waals surface area contributed by atoms with Crippen LogP contribution in [0, 0.1) is 0 Å². The maximum absolute atomic E-state index is 13.6. The molecule has 0 spiro atoms. The number of pyridine rings is 1. The first-order chi connectivity index (χ1) is 16.9. The van der Waals surface area contributed by atoms with E-state index in [0.717, 1.165) is 22.5 Å². The molecular weight excluding hydrogens is 464 g/mol. The Morgan fingerprint density at radius 1 is 1.09 bits per heavy atom. The summed E-state index contributed by atoms with van der Waals surface area (Å²) in [5.74, 6) is -0.0319. The Morgan fingerprint density at radius 2 is 1.91 bits per heavy atom. The summed E-state index contributed by atoms with van der Waals surface area (Å²) in [5.41, 5.74) is 11.2. The van der Waals surface area contributed by atoms with Crippen molar-refractivity contribution in [3.05, 3.63) is 100 Å². The summed E-state index contributed by atoms with van der Waals surface area (Å²) in [7, 11) is 3.64. The minimum absolute atomic E-state index is 0.238. The van der Waals surface area contributed by atoms with Gasteiger partial charge in [0.25, 0.3) is 11.8 Å². The van der Waals surface area contributed by atoms with Crippen molar-refractivity contribution in [1.29, 1.82) is 0 Å². The molecule has 35 heavy (non-hydrogen) atoms. The van der Waals surface area contributed by atoms with E-state index in [1.165, 1.54) is 0 Å². The molecular formula is C26H23ClN6O2. The fourth-order valence-corrected chi connectivity index (χ4v) is 4.38. The standard InChI is InChI=1S/C26H23ClN6O2/c1-32(2)24-20(7-5-12-28-24)25(34)30-17-9-10-18(21(27)14-17)26(35)33-13-11-16-15-29-31-23(16)19-6-3-4-8-22(19)33/h3-14,29,31H,15H2,1-2H3,(H,30,34). The molecule has 0 unspecified atom stereocenters. The highest BCUT2D eigenvalue weighted by Crippen LogP contribution is 2.34. The van der Waals surface area contributed by atoms with Gasteiger partial charge >= 0.3 is 0 Å². The van der Waals surface area contributed by atoms with Crippen LogP contribution in [-0.2, 0) is 0 Å². The van der Waals surface area contributed by atoms with Gasteiger partial charge in [0, 0.05) is 44.3 Å². The lowest BCUT2D eigenvalue weighted by atomic mass is 10.1. The van der Waals surface area contributed by atoms with Crippen molar-refractivity contribution in [3.8, 4) is 0 Å². The lowest BCUT2D eigenvalue weighted by Crippen LogP contribution is -2.28. The lowest BCUT2D eigenvalue weighted by Gasteiger charge is -2.22. The van der Waals surface area contributed by atoms with E-state index in [1.807, 2.05) is 44.4 Å². The molecule has 0 atom stereocenters. The summed E-state index contributed by atoms with van der Waals surface area (Å²) in [5, 5.41) is 3.08. The molecule has 2 aliphatic rings. The Bertz CT molecular complexity index is 1400. The number of aromatic nitrogens is 1. The monoisotopic (exact) mass is 486 g/mol. The minimum Gasteiger partial charge on any atom is -0.362 e. The van der Waals surface area contributed by atoms with Crippen LogP contribution in [0.25, 0.3) is 5.70 Å². The van der Waals surface area contributed by atoms with E-state index >= 15 is 0 Å². The van der Waals surface area contributed by atoms with Gasteiger partial charge < -0.3 is 15.6 Å². The van der Waals surface area contributed by atoms with E-state index in [9.17, 15) is 9.59 Å². The van der Waals surface area contributed by atoms with Crippen LogP contribution < -0.4 is 26.0 Å². The van der Waals surface area contributed by atoms with E-state index in [4.69, 9.17) is 11.6 Å². The maximum Gasteiger partial charge on any atom is 0.263 e. The Hall–Kier alpha value is -4.14. The normalized spacial score (nSPS) is 14.1. The Balaban J connectivity index is 1.41. The number of hydrazine groups is 1. The first kappa shape index (κ1) is 22.6. The molecule has 2 amide bonds. The van der Waals surface area contributed by atoms with Crippen LogP contribution in [0.3, 0.4) is 0 Å². The number of amides is 2. The number of fused-ring (bicyclic) bond motifs is 2. The fraction of sp³-hybridized carbons (Fsp3) is 0.115. The van der Waals surface area contributed by atoms with Crippen molar-refractivity contribution in [2.75, 3.05) is 35.8 Å². The summed E-state index contributed by atoms with van der Waals surface area (Å²) in [6.45, 7) is 0.657. The van der Waals surface area contributed by atoms with Gasteiger partial charge in [-0.3, -0.25) is 14.5 Å². The predicted octanol–water partition coefficient (Wildman–Crippen LogP) is 4.05. The van der Waals surface area contributed by atoms with Gasteiger partial charge in [0.2, 0.25) is 0 Å². The number of carbonyl (C=O) groups is 2. The second-order valence-corrected chi connectivity index (χ2v) is 8.71. The van der Waals surface area contributed by atoms with Crippen molar-refractivity contribution >= 4 is 46.3 Å². The molecule has 8 nitrogen and oxygen atoms in total. The number of anilines is 3. The van der Waals surface area contributed by atoms with Gasteiger partial charge in [-0.25, -0.2) is 10.4 Å². The van der Waals surface area contributed by atoms with E-state index in [2.05, 4.69) is 21.2 Å². The Morgan fingerprint density at radius 3 is 2.71 bits per heavy atom. The van der Waals surface area contributed by atoms with Crippen LogP contribution in [0.1, 0.15) is 26.3 Å². The molecule has 0 bridgehead atoms.